The Hall–Kier alpha value is -3.03. The number of carbonyl (C=O) groups excluding carboxylic acids is 1. The number of aromatic nitrogens is 2. The summed E-state index contributed by atoms with van der Waals surface area (Å²) >= 11 is 0. The Morgan fingerprint density at radius 3 is 2.71 bits per heavy atom. The molecule has 0 spiro atoms. The molecule has 8 heteroatoms. The Balaban J connectivity index is 1.92. The van der Waals surface area contributed by atoms with E-state index in [1.54, 1.807) is 39.3 Å². The van der Waals surface area contributed by atoms with Crippen molar-refractivity contribution in [2.24, 2.45) is 5.10 Å². The number of hydrogen-bond acceptors (Lipinski definition) is 5. The molecule has 0 unspecified atom stereocenters. The number of hydrogen-bond donors (Lipinski definition) is 3. The molecule has 0 atom stereocenters. The number of benzene rings is 1. The first kappa shape index (κ1) is 17.3. The van der Waals surface area contributed by atoms with Crippen molar-refractivity contribution < 1.29 is 14.3 Å². The smallest absolute Gasteiger partial charge is 0.267 e. The molecule has 1 heterocycles. The van der Waals surface area contributed by atoms with Gasteiger partial charge in [-0.3, -0.25) is 14.7 Å². The molecule has 8 nitrogen and oxygen atoms in total. The standard InChI is InChI=1S/C16H20N4O4/c1-10-13(16(22)20-18-10)6-7-15(21)19-17-9-11-4-5-12(23-2)8-14(11)24-3/h4-5,8-9H,6-7H2,1-3H3,(H,19,21)(H2,18,20,22). The summed E-state index contributed by atoms with van der Waals surface area (Å²) in [6, 6.07) is 5.27. The van der Waals surface area contributed by atoms with Gasteiger partial charge in [0.05, 0.1) is 20.4 Å². The molecule has 2 rings (SSSR count). The average Bonchev–Trinajstić information content (AvgIpc) is 2.91. The molecule has 128 valence electrons. The summed E-state index contributed by atoms with van der Waals surface area (Å²) in [5, 5.41) is 9.12. The minimum atomic E-state index is -0.279. The van der Waals surface area contributed by atoms with Crippen molar-refractivity contribution in [2.45, 2.75) is 19.8 Å². The van der Waals surface area contributed by atoms with Crippen LogP contribution in [0.15, 0.2) is 28.1 Å². The van der Waals surface area contributed by atoms with Gasteiger partial charge in [0.15, 0.2) is 0 Å². The van der Waals surface area contributed by atoms with Crippen LogP contribution in [0.25, 0.3) is 0 Å². The molecular formula is C16H20N4O4. The van der Waals surface area contributed by atoms with Gasteiger partial charge in [-0.05, 0) is 25.5 Å². The van der Waals surface area contributed by atoms with Crippen LogP contribution in [0.3, 0.4) is 0 Å². The van der Waals surface area contributed by atoms with Gasteiger partial charge in [0.1, 0.15) is 11.5 Å². The molecule has 0 radical (unpaired) electrons. The zero-order valence-electron chi connectivity index (χ0n) is 13.8. The van der Waals surface area contributed by atoms with E-state index in [9.17, 15) is 9.59 Å². The summed E-state index contributed by atoms with van der Waals surface area (Å²) in [6.45, 7) is 1.78. The SMILES string of the molecule is COc1ccc(C=NNC(=O)CCc2c(C)[nH][nH]c2=O)c(OC)c1. The lowest BCUT2D eigenvalue weighted by molar-refractivity contribution is -0.121. The van der Waals surface area contributed by atoms with Crippen LogP contribution in [0.2, 0.25) is 0 Å². The molecule has 0 fully saturated rings. The molecule has 0 aliphatic carbocycles. The molecule has 0 saturated heterocycles. The number of rotatable bonds is 7. The second-order valence-corrected chi connectivity index (χ2v) is 5.08. The van der Waals surface area contributed by atoms with Gasteiger partial charge < -0.3 is 14.6 Å². The fourth-order valence-electron chi connectivity index (χ4n) is 2.17. The molecule has 0 bridgehead atoms. The van der Waals surface area contributed by atoms with Crippen LogP contribution < -0.4 is 20.5 Å². The second kappa shape index (κ2) is 8.00. The van der Waals surface area contributed by atoms with E-state index in [0.29, 0.717) is 29.0 Å². The van der Waals surface area contributed by atoms with Crippen molar-refractivity contribution in [1.82, 2.24) is 15.6 Å². The maximum atomic E-state index is 11.8. The minimum absolute atomic E-state index is 0.166. The molecule has 1 amide bonds. The van der Waals surface area contributed by atoms with Gasteiger partial charge in [-0.2, -0.15) is 5.10 Å². The normalized spacial score (nSPS) is 10.8. The van der Waals surface area contributed by atoms with Gasteiger partial charge >= 0.3 is 0 Å². The van der Waals surface area contributed by atoms with Crippen molar-refractivity contribution in [1.29, 1.82) is 0 Å². The van der Waals surface area contributed by atoms with Gasteiger partial charge in [0, 0.05) is 29.3 Å². The van der Waals surface area contributed by atoms with E-state index in [1.807, 2.05) is 0 Å². The summed E-state index contributed by atoms with van der Waals surface area (Å²) < 4.78 is 10.4. The Kier molecular flexibility index (Phi) is 5.78. The van der Waals surface area contributed by atoms with Gasteiger partial charge in [0.25, 0.3) is 5.56 Å². The van der Waals surface area contributed by atoms with Crippen LogP contribution in [0.1, 0.15) is 23.2 Å². The van der Waals surface area contributed by atoms with E-state index >= 15 is 0 Å². The van der Waals surface area contributed by atoms with E-state index in [1.165, 1.54) is 6.21 Å². The van der Waals surface area contributed by atoms with Gasteiger partial charge in [-0.25, -0.2) is 5.43 Å². The number of methoxy groups -OCH3 is 2. The molecule has 0 aliphatic heterocycles. The maximum absolute atomic E-state index is 11.8. The number of aromatic amines is 2. The third kappa shape index (κ3) is 4.25. The van der Waals surface area contributed by atoms with Crippen LogP contribution in [0.5, 0.6) is 11.5 Å². The van der Waals surface area contributed by atoms with E-state index in [4.69, 9.17) is 9.47 Å². The van der Waals surface area contributed by atoms with Gasteiger partial charge in [-0.15, -0.1) is 0 Å². The zero-order valence-corrected chi connectivity index (χ0v) is 13.8. The third-order valence-electron chi connectivity index (χ3n) is 3.53. The number of nitrogens with one attached hydrogen (secondary N) is 3. The largest absolute Gasteiger partial charge is 0.497 e. The predicted octanol–water partition coefficient (Wildman–Crippen LogP) is 1.11. The lowest BCUT2D eigenvalue weighted by atomic mass is 10.1. The lowest BCUT2D eigenvalue weighted by Crippen LogP contribution is -2.19. The summed E-state index contributed by atoms with van der Waals surface area (Å²) in [5.41, 5.74) is 4.25. The predicted molar refractivity (Wildman–Crippen MR) is 89.8 cm³/mol. The molecule has 24 heavy (non-hydrogen) atoms. The maximum Gasteiger partial charge on any atom is 0.267 e. The molecular weight excluding hydrogens is 312 g/mol. The molecule has 0 saturated carbocycles. The van der Waals surface area contributed by atoms with Crippen molar-refractivity contribution in [3.8, 4) is 11.5 Å². The highest BCUT2D eigenvalue weighted by Crippen LogP contribution is 2.22. The van der Waals surface area contributed by atoms with E-state index in [-0.39, 0.29) is 17.9 Å². The Labute approximate surface area is 138 Å². The van der Waals surface area contributed by atoms with Crippen LogP contribution >= 0.6 is 0 Å². The van der Waals surface area contributed by atoms with Crippen LogP contribution in [0, 0.1) is 6.92 Å². The van der Waals surface area contributed by atoms with Crippen molar-refractivity contribution in [2.75, 3.05) is 14.2 Å². The first-order valence-corrected chi connectivity index (χ1v) is 7.35. The molecule has 3 N–H and O–H groups in total. The van der Waals surface area contributed by atoms with Crippen molar-refractivity contribution in [3.05, 3.63) is 45.4 Å². The monoisotopic (exact) mass is 332 g/mol. The van der Waals surface area contributed by atoms with Crippen LogP contribution in [0.4, 0.5) is 0 Å². The molecule has 1 aromatic carbocycles. The van der Waals surface area contributed by atoms with Gasteiger partial charge in [-0.1, -0.05) is 0 Å². The number of carbonyl (C=O) groups is 1. The summed E-state index contributed by atoms with van der Waals surface area (Å²) in [6.07, 6.45) is 2.00. The Morgan fingerprint density at radius 1 is 1.29 bits per heavy atom. The summed E-state index contributed by atoms with van der Waals surface area (Å²) in [5.74, 6) is 0.973. The number of nitrogens with zero attached hydrogens (tertiary/aromatic N) is 1. The topological polar surface area (TPSA) is 109 Å². The first-order valence-electron chi connectivity index (χ1n) is 7.35. The third-order valence-corrected chi connectivity index (χ3v) is 3.53. The van der Waals surface area contributed by atoms with Crippen molar-refractivity contribution in [3.63, 3.8) is 0 Å². The quantitative estimate of drug-likeness (QED) is 0.521. The number of aryl methyl sites for hydroxylation is 1. The molecule has 1 aromatic heterocycles. The lowest BCUT2D eigenvalue weighted by Gasteiger charge is -2.06. The molecule has 0 aliphatic rings. The van der Waals surface area contributed by atoms with Crippen LogP contribution in [-0.2, 0) is 11.2 Å². The minimum Gasteiger partial charge on any atom is -0.497 e. The highest BCUT2D eigenvalue weighted by Gasteiger charge is 2.09. The highest BCUT2D eigenvalue weighted by molar-refractivity contribution is 5.85. The second-order valence-electron chi connectivity index (χ2n) is 5.08. The summed E-state index contributed by atoms with van der Waals surface area (Å²) in [4.78, 5) is 23.3. The number of H-pyrrole nitrogens is 2. The van der Waals surface area contributed by atoms with Crippen molar-refractivity contribution >= 4 is 12.1 Å². The molecule has 2 aromatic rings. The fourth-order valence-corrected chi connectivity index (χ4v) is 2.17. The average molecular weight is 332 g/mol. The van der Waals surface area contributed by atoms with Crippen LogP contribution in [-0.4, -0.2) is 36.5 Å². The van der Waals surface area contributed by atoms with Gasteiger partial charge in [0.2, 0.25) is 5.91 Å². The van der Waals surface area contributed by atoms with E-state index < -0.39 is 0 Å². The highest BCUT2D eigenvalue weighted by atomic mass is 16.5. The Bertz CT molecular complexity index is 792. The zero-order chi connectivity index (χ0) is 17.5. The summed E-state index contributed by atoms with van der Waals surface area (Å²) in [7, 11) is 3.11. The van der Waals surface area contributed by atoms with E-state index in [0.717, 1.165) is 5.69 Å². The Morgan fingerprint density at radius 2 is 2.08 bits per heavy atom. The fraction of sp³-hybridized carbons (Fsp3) is 0.312. The number of hydrazone groups is 1. The first-order chi connectivity index (χ1) is 11.5. The number of ether oxygens (including phenoxy) is 2. The number of amides is 1. The van der Waals surface area contributed by atoms with E-state index in [2.05, 4.69) is 20.7 Å².